The molecule has 2 aromatic rings. The molecule has 0 unspecified atom stereocenters. The van der Waals surface area contributed by atoms with Gasteiger partial charge in [-0.3, -0.25) is 4.79 Å². The SMILES string of the molecule is CC(C)COC(=O)CSc1ccc(Oc2nc(Cl)nc(Cl)n2)cc1. The van der Waals surface area contributed by atoms with E-state index in [0.717, 1.165) is 4.90 Å². The summed E-state index contributed by atoms with van der Waals surface area (Å²) in [6.45, 7) is 4.42. The van der Waals surface area contributed by atoms with Gasteiger partial charge in [-0.2, -0.15) is 15.0 Å². The van der Waals surface area contributed by atoms with Gasteiger partial charge in [-0.05, 0) is 53.4 Å². The van der Waals surface area contributed by atoms with Crippen molar-refractivity contribution in [2.75, 3.05) is 12.4 Å². The maximum Gasteiger partial charge on any atom is 0.327 e. The highest BCUT2D eigenvalue weighted by atomic mass is 35.5. The summed E-state index contributed by atoms with van der Waals surface area (Å²) in [5, 5.41) is -0.0887. The van der Waals surface area contributed by atoms with Crippen molar-refractivity contribution in [2.24, 2.45) is 5.92 Å². The first kappa shape index (κ1) is 18.8. The van der Waals surface area contributed by atoms with E-state index in [2.05, 4.69) is 15.0 Å². The first-order chi connectivity index (χ1) is 11.4. The lowest BCUT2D eigenvalue weighted by Crippen LogP contribution is -2.11. The summed E-state index contributed by atoms with van der Waals surface area (Å²) < 4.78 is 10.6. The maximum atomic E-state index is 11.6. The van der Waals surface area contributed by atoms with Crippen LogP contribution >= 0.6 is 35.0 Å². The zero-order valence-electron chi connectivity index (χ0n) is 13.0. The monoisotopic (exact) mass is 387 g/mol. The van der Waals surface area contributed by atoms with E-state index in [4.69, 9.17) is 32.7 Å². The number of hydrogen-bond acceptors (Lipinski definition) is 7. The lowest BCUT2D eigenvalue weighted by atomic mass is 10.2. The molecular formula is C15H15Cl2N3O3S. The number of rotatable bonds is 7. The first-order valence-corrected chi connectivity index (χ1v) is 8.80. The van der Waals surface area contributed by atoms with Crippen LogP contribution in [-0.2, 0) is 9.53 Å². The van der Waals surface area contributed by atoms with E-state index in [0.29, 0.717) is 18.3 Å². The van der Waals surface area contributed by atoms with Gasteiger partial charge in [-0.25, -0.2) is 0 Å². The van der Waals surface area contributed by atoms with Crippen LogP contribution in [0.2, 0.25) is 10.6 Å². The molecule has 0 aliphatic heterocycles. The Morgan fingerprint density at radius 1 is 1.12 bits per heavy atom. The molecular weight excluding hydrogens is 373 g/mol. The summed E-state index contributed by atoms with van der Waals surface area (Å²) in [7, 11) is 0. The zero-order valence-corrected chi connectivity index (χ0v) is 15.4. The first-order valence-electron chi connectivity index (χ1n) is 7.06. The lowest BCUT2D eigenvalue weighted by Gasteiger charge is -2.07. The minimum absolute atomic E-state index is 0.0117. The smallest absolute Gasteiger partial charge is 0.327 e. The Bertz CT molecular complexity index is 679. The van der Waals surface area contributed by atoms with Crippen LogP contribution in [0.4, 0.5) is 0 Å². The molecule has 128 valence electrons. The van der Waals surface area contributed by atoms with Crippen LogP contribution in [-0.4, -0.2) is 33.3 Å². The van der Waals surface area contributed by atoms with Gasteiger partial charge in [0, 0.05) is 4.90 Å². The second-order valence-corrected chi connectivity index (χ2v) is 6.82. The topological polar surface area (TPSA) is 74.2 Å². The number of carbonyl (C=O) groups excluding carboxylic acids is 1. The molecule has 1 aromatic carbocycles. The number of hydrogen-bond donors (Lipinski definition) is 0. The second kappa shape index (κ2) is 9.05. The molecule has 0 aliphatic rings. The van der Waals surface area contributed by atoms with Gasteiger partial charge >= 0.3 is 12.0 Å². The molecule has 2 rings (SSSR count). The van der Waals surface area contributed by atoms with Crippen molar-refractivity contribution in [3.05, 3.63) is 34.8 Å². The van der Waals surface area contributed by atoms with E-state index in [1.54, 1.807) is 12.1 Å². The highest BCUT2D eigenvalue weighted by molar-refractivity contribution is 8.00. The fraction of sp³-hybridized carbons (Fsp3) is 0.333. The van der Waals surface area contributed by atoms with Gasteiger partial charge in [0.05, 0.1) is 12.4 Å². The molecule has 1 aromatic heterocycles. The van der Waals surface area contributed by atoms with Gasteiger partial charge in [0.15, 0.2) is 0 Å². The normalized spacial score (nSPS) is 10.7. The Hall–Kier alpha value is -1.57. The molecule has 0 saturated carbocycles. The number of aromatic nitrogens is 3. The number of esters is 1. The van der Waals surface area contributed by atoms with E-state index < -0.39 is 0 Å². The molecule has 0 N–H and O–H groups in total. The Morgan fingerprint density at radius 3 is 2.33 bits per heavy atom. The molecule has 0 aliphatic carbocycles. The molecule has 0 radical (unpaired) electrons. The average molecular weight is 388 g/mol. The summed E-state index contributed by atoms with van der Waals surface area (Å²) in [6.07, 6.45) is 0. The molecule has 0 spiro atoms. The molecule has 0 atom stereocenters. The largest absolute Gasteiger partial charge is 0.465 e. The standard InChI is InChI=1S/C15H15Cl2N3O3S/c1-9(2)7-22-12(21)8-24-11-5-3-10(4-6-11)23-15-19-13(16)18-14(17)20-15/h3-6,9H,7-8H2,1-2H3. The summed E-state index contributed by atoms with van der Waals surface area (Å²) in [6, 6.07) is 7.11. The summed E-state index contributed by atoms with van der Waals surface area (Å²) >= 11 is 12.8. The number of benzene rings is 1. The van der Waals surface area contributed by atoms with Crippen LogP contribution in [0, 0.1) is 5.92 Å². The van der Waals surface area contributed by atoms with Crippen LogP contribution in [0.1, 0.15) is 13.8 Å². The molecule has 0 amide bonds. The van der Waals surface area contributed by atoms with E-state index in [1.807, 2.05) is 26.0 Å². The van der Waals surface area contributed by atoms with Gasteiger partial charge in [-0.15, -0.1) is 11.8 Å². The Kier molecular flexibility index (Phi) is 7.08. The third-order valence-corrected chi connectivity index (χ3v) is 3.85. The van der Waals surface area contributed by atoms with Crippen molar-refractivity contribution in [3.63, 3.8) is 0 Å². The minimum atomic E-state index is -0.233. The zero-order chi connectivity index (χ0) is 17.5. The minimum Gasteiger partial charge on any atom is -0.465 e. The average Bonchev–Trinajstić information content (AvgIpc) is 2.51. The lowest BCUT2D eigenvalue weighted by molar-refractivity contribution is -0.141. The highest BCUT2D eigenvalue weighted by Gasteiger charge is 2.08. The molecule has 0 saturated heterocycles. The quantitative estimate of drug-likeness (QED) is 0.518. The summed E-state index contributed by atoms with van der Waals surface area (Å²) in [5.41, 5.74) is 0. The van der Waals surface area contributed by atoms with Crippen molar-refractivity contribution in [2.45, 2.75) is 18.7 Å². The predicted molar refractivity (Wildman–Crippen MR) is 92.9 cm³/mol. The summed E-state index contributed by atoms with van der Waals surface area (Å²) in [4.78, 5) is 23.8. The van der Waals surface area contributed by atoms with Gasteiger partial charge in [0.1, 0.15) is 5.75 Å². The van der Waals surface area contributed by atoms with Crippen molar-refractivity contribution < 1.29 is 14.3 Å². The van der Waals surface area contributed by atoms with E-state index in [1.165, 1.54) is 11.8 Å². The maximum absolute atomic E-state index is 11.6. The highest BCUT2D eigenvalue weighted by Crippen LogP contribution is 2.24. The van der Waals surface area contributed by atoms with Crippen molar-refractivity contribution in [3.8, 4) is 11.8 Å². The van der Waals surface area contributed by atoms with Gasteiger partial charge < -0.3 is 9.47 Å². The molecule has 6 nitrogen and oxygen atoms in total. The number of carbonyl (C=O) groups is 1. The van der Waals surface area contributed by atoms with Gasteiger partial charge in [0.2, 0.25) is 10.6 Å². The number of ether oxygens (including phenoxy) is 2. The number of nitrogens with zero attached hydrogens (tertiary/aromatic N) is 3. The van der Waals surface area contributed by atoms with Crippen molar-refractivity contribution in [1.29, 1.82) is 0 Å². The van der Waals surface area contributed by atoms with Crippen LogP contribution in [0.15, 0.2) is 29.2 Å². The third-order valence-electron chi connectivity index (χ3n) is 2.53. The van der Waals surface area contributed by atoms with E-state index in [9.17, 15) is 4.79 Å². The Balaban J connectivity index is 1.87. The summed E-state index contributed by atoms with van der Waals surface area (Å²) in [5.74, 6) is 0.863. The van der Waals surface area contributed by atoms with E-state index >= 15 is 0 Å². The van der Waals surface area contributed by atoms with Gasteiger partial charge in [-0.1, -0.05) is 13.8 Å². The molecule has 1 heterocycles. The van der Waals surface area contributed by atoms with Crippen LogP contribution in [0.5, 0.6) is 11.8 Å². The second-order valence-electron chi connectivity index (χ2n) is 5.10. The fourth-order valence-corrected chi connectivity index (χ4v) is 2.55. The number of thioether (sulfide) groups is 1. The molecule has 0 fully saturated rings. The van der Waals surface area contributed by atoms with Crippen LogP contribution in [0.25, 0.3) is 0 Å². The van der Waals surface area contributed by atoms with Crippen LogP contribution < -0.4 is 4.74 Å². The Morgan fingerprint density at radius 2 is 1.75 bits per heavy atom. The molecule has 24 heavy (non-hydrogen) atoms. The van der Waals surface area contributed by atoms with Crippen molar-refractivity contribution in [1.82, 2.24) is 15.0 Å². The number of halogens is 2. The van der Waals surface area contributed by atoms with Gasteiger partial charge in [0.25, 0.3) is 0 Å². The van der Waals surface area contributed by atoms with E-state index in [-0.39, 0.29) is 28.3 Å². The van der Waals surface area contributed by atoms with Crippen molar-refractivity contribution >= 4 is 40.9 Å². The Labute approximate surface area is 153 Å². The molecule has 9 heteroatoms. The fourth-order valence-electron chi connectivity index (χ4n) is 1.51. The predicted octanol–water partition coefficient (Wildman–Crippen LogP) is 4.26. The third kappa shape index (κ3) is 6.51. The molecule has 0 bridgehead atoms. The van der Waals surface area contributed by atoms with Crippen LogP contribution in [0.3, 0.4) is 0 Å².